The maximum Gasteiger partial charge on any atom is 0.343 e. The van der Waals surface area contributed by atoms with E-state index in [1.165, 1.54) is 14.2 Å². The molecule has 116 valence electrons. The first-order chi connectivity index (χ1) is 10.5. The average Bonchev–Trinajstić information content (AvgIpc) is 2.54. The molecule has 1 heterocycles. The van der Waals surface area contributed by atoms with Crippen LogP contribution in [-0.2, 0) is 4.74 Å². The van der Waals surface area contributed by atoms with Crippen LogP contribution in [0.3, 0.4) is 0 Å². The van der Waals surface area contributed by atoms with Crippen LogP contribution in [0, 0.1) is 0 Å². The third-order valence-electron chi connectivity index (χ3n) is 3.19. The molecule has 0 saturated carbocycles. The summed E-state index contributed by atoms with van der Waals surface area (Å²) < 4.78 is 9.83. The number of rotatable bonds is 5. The summed E-state index contributed by atoms with van der Waals surface area (Å²) in [4.78, 5) is 15.9. The lowest BCUT2D eigenvalue weighted by Gasteiger charge is -2.16. The van der Waals surface area contributed by atoms with Gasteiger partial charge in [-0.25, -0.2) is 4.79 Å². The fourth-order valence-electron chi connectivity index (χ4n) is 2.00. The summed E-state index contributed by atoms with van der Waals surface area (Å²) in [5, 5.41) is 3.94. The Kier molecular flexibility index (Phi) is 5.22. The first kappa shape index (κ1) is 16.1. The van der Waals surface area contributed by atoms with E-state index in [-0.39, 0.29) is 17.5 Å². The Balaban J connectivity index is 2.19. The number of halogens is 1. The van der Waals surface area contributed by atoms with Gasteiger partial charge in [0.25, 0.3) is 0 Å². The maximum absolute atomic E-state index is 11.6. The first-order valence-electron chi connectivity index (χ1n) is 6.70. The van der Waals surface area contributed by atoms with Crippen LogP contribution in [0.2, 0.25) is 5.02 Å². The number of aromatic nitrogens is 1. The van der Waals surface area contributed by atoms with Crippen LogP contribution < -0.4 is 10.1 Å². The molecule has 22 heavy (non-hydrogen) atoms. The Hall–Kier alpha value is -2.27. The highest BCUT2D eigenvalue weighted by molar-refractivity contribution is 6.30. The number of benzene rings is 1. The number of nitrogens with one attached hydrogen (secondary N) is 1. The molecule has 1 atom stereocenters. The van der Waals surface area contributed by atoms with E-state index in [0.29, 0.717) is 10.8 Å². The van der Waals surface area contributed by atoms with E-state index in [2.05, 4.69) is 15.0 Å². The molecule has 0 fully saturated rings. The third-order valence-corrected chi connectivity index (χ3v) is 3.45. The number of pyridine rings is 1. The molecule has 0 radical (unpaired) electrons. The van der Waals surface area contributed by atoms with E-state index in [9.17, 15) is 4.79 Å². The van der Waals surface area contributed by atoms with Gasteiger partial charge in [0.05, 0.1) is 14.2 Å². The number of carbonyl (C=O) groups excluding carboxylic acids is 1. The first-order valence-corrected chi connectivity index (χ1v) is 7.08. The molecule has 1 aromatic heterocycles. The van der Waals surface area contributed by atoms with Crippen LogP contribution in [0.25, 0.3) is 0 Å². The zero-order chi connectivity index (χ0) is 16.1. The Morgan fingerprint density at radius 3 is 2.45 bits per heavy atom. The summed E-state index contributed by atoms with van der Waals surface area (Å²) in [5.74, 6) is 0.341. The quantitative estimate of drug-likeness (QED) is 0.851. The fraction of sp³-hybridized carbons (Fsp3) is 0.250. The Labute approximate surface area is 134 Å². The number of nitrogens with zero attached hydrogens (tertiary/aromatic N) is 1. The number of methoxy groups -OCH3 is 2. The molecule has 0 amide bonds. The van der Waals surface area contributed by atoms with E-state index in [1.807, 2.05) is 31.2 Å². The van der Waals surface area contributed by atoms with E-state index in [0.717, 1.165) is 5.56 Å². The van der Waals surface area contributed by atoms with Crippen molar-refractivity contribution in [2.45, 2.75) is 13.0 Å². The van der Waals surface area contributed by atoms with E-state index >= 15 is 0 Å². The number of ether oxygens (including phenoxy) is 2. The average molecular weight is 321 g/mol. The van der Waals surface area contributed by atoms with Crippen LogP contribution >= 0.6 is 11.6 Å². The Morgan fingerprint density at radius 1 is 1.18 bits per heavy atom. The van der Waals surface area contributed by atoms with Crippen molar-refractivity contribution >= 4 is 23.4 Å². The standard InChI is InChI=1S/C16H17ClN2O3/c1-10(11-4-6-12(17)7-5-11)18-14-9-8-13(16(20)22-3)15(19-14)21-2/h4-10H,1-3H3,(H,18,19). The minimum Gasteiger partial charge on any atom is -0.480 e. The molecular formula is C16H17ClN2O3. The zero-order valence-electron chi connectivity index (χ0n) is 12.6. The van der Waals surface area contributed by atoms with Crippen LogP contribution in [-0.4, -0.2) is 25.2 Å². The van der Waals surface area contributed by atoms with Gasteiger partial charge in [0.2, 0.25) is 5.88 Å². The van der Waals surface area contributed by atoms with Gasteiger partial charge in [0.15, 0.2) is 0 Å². The van der Waals surface area contributed by atoms with E-state index in [4.69, 9.17) is 16.3 Å². The monoisotopic (exact) mass is 320 g/mol. The van der Waals surface area contributed by atoms with Crippen molar-refractivity contribution in [3.63, 3.8) is 0 Å². The minimum absolute atomic E-state index is 0.0263. The molecule has 0 aliphatic rings. The molecule has 0 spiro atoms. The second-order valence-electron chi connectivity index (χ2n) is 4.66. The van der Waals surface area contributed by atoms with Crippen molar-refractivity contribution in [1.82, 2.24) is 4.98 Å². The van der Waals surface area contributed by atoms with Crippen LogP contribution in [0.1, 0.15) is 28.9 Å². The summed E-state index contributed by atoms with van der Waals surface area (Å²) in [7, 11) is 2.78. The van der Waals surface area contributed by atoms with Crippen LogP contribution in [0.15, 0.2) is 36.4 Å². The number of carbonyl (C=O) groups is 1. The third kappa shape index (κ3) is 3.68. The molecule has 1 aromatic carbocycles. The second-order valence-corrected chi connectivity index (χ2v) is 5.10. The van der Waals surface area contributed by atoms with Gasteiger partial charge in [0.1, 0.15) is 11.4 Å². The highest BCUT2D eigenvalue weighted by Crippen LogP contribution is 2.23. The van der Waals surface area contributed by atoms with Crippen molar-refractivity contribution in [2.75, 3.05) is 19.5 Å². The van der Waals surface area contributed by atoms with Gasteiger partial charge in [0, 0.05) is 11.1 Å². The summed E-state index contributed by atoms with van der Waals surface area (Å²) in [6.07, 6.45) is 0. The SMILES string of the molecule is COC(=O)c1ccc(NC(C)c2ccc(Cl)cc2)nc1OC. The van der Waals surface area contributed by atoms with Crippen molar-refractivity contribution in [1.29, 1.82) is 0 Å². The fourth-order valence-corrected chi connectivity index (χ4v) is 2.12. The van der Waals surface area contributed by atoms with Crippen LogP contribution in [0.4, 0.5) is 5.82 Å². The van der Waals surface area contributed by atoms with Gasteiger partial charge >= 0.3 is 5.97 Å². The molecule has 0 aliphatic heterocycles. The summed E-state index contributed by atoms with van der Waals surface area (Å²) >= 11 is 5.88. The van der Waals surface area contributed by atoms with Gasteiger partial charge < -0.3 is 14.8 Å². The van der Waals surface area contributed by atoms with Crippen molar-refractivity contribution < 1.29 is 14.3 Å². The van der Waals surface area contributed by atoms with Gasteiger partial charge in [-0.1, -0.05) is 23.7 Å². The number of hydrogen-bond acceptors (Lipinski definition) is 5. The predicted molar refractivity (Wildman–Crippen MR) is 85.6 cm³/mol. The van der Waals surface area contributed by atoms with E-state index < -0.39 is 5.97 Å². The smallest absolute Gasteiger partial charge is 0.343 e. The zero-order valence-corrected chi connectivity index (χ0v) is 13.3. The maximum atomic E-state index is 11.6. The molecule has 0 saturated heterocycles. The number of hydrogen-bond donors (Lipinski definition) is 1. The number of anilines is 1. The van der Waals surface area contributed by atoms with Crippen LogP contribution in [0.5, 0.6) is 5.88 Å². The van der Waals surface area contributed by atoms with Crippen molar-refractivity contribution in [3.8, 4) is 5.88 Å². The highest BCUT2D eigenvalue weighted by atomic mass is 35.5. The molecule has 0 bridgehead atoms. The minimum atomic E-state index is -0.485. The molecule has 2 aromatic rings. The van der Waals surface area contributed by atoms with Gasteiger partial charge in [-0.15, -0.1) is 0 Å². The molecular weight excluding hydrogens is 304 g/mol. The number of esters is 1. The predicted octanol–water partition coefficient (Wildman–Crippen LogP) is 3.70. The van der Waals surface area contributed by atoms with Crippen molar-refractivity contribution in [3.05, 3.63) is 52.5 Å². The van der Waals surface area contributed by atoms with Crippen molar-refractivity contribution in [2.24, 2.45) is 0 Å². The largest absolute Gasteiger partial charge is 0.480 e. The second kappa shape index (κ2) is 7.13. The molecule has 2 rings (SSSR count). The molecule has 5 nitrogen and oxygen atoms in total. The van der Waals surface area contributed by atoms with Gasteiger partial charge in [-0.3, -0.25) is 0 Å². The van der Waals surface area contributed by atoms with Gasteiger partial charge in [-0.2, -0.15) is 4.98 Å². The summed E-state index contributed by atoms with van der Waals surface area (Å²) in [6, 6.07) is 10.9. The highest BCUT2D eigenvalue weighted by Gasteiger charge is 2.15. The molecule has 0 aliphatic carbocycles. The Morgan fingerprint density at radius 2 is 1.86 bits per heavy atom. The summed E-state index contributed by atoms with van der Waals surface area (Å²) in [6.45, 7) is 2.01. The Bertz CT molecular complexity index is 659. The van der Waals surface area contributed by atoms with E-state index in [1.54, 1.807) is 12.1 Å². The lowest BCUT2D eigenvalue weighted by molar-refractivity contribution is 0.0596. The topological polar surface area (TPSA) is 60.5 Å². The van der Waals surface area contributed by atoms with Gasteiger partial charge in [-0.05, 0) is 36.8 Å². The molecule has 6 heteroatoms. The lowest BCUT2D eigenvalue weighted by atomic mass is 10.1. The summed E-state index contributed by atoms with van der Waals surface area (Å²) in [5.41, 5.74) is 1.36. The molecule has 1 N–H and O–H groups in total. The lowest BCUT2D eigenvalue weighted by Crippen LogP contribution is -2.10. The molecule has 1 unspecified atom stereocenters. The normalized spacial score (nSPS) is 11.6.